The van der Waals surface area contributed by atoms with Gasteiger partial charge in [0.05, 0.1) is 4.92 Å². The first-order valence-electron chi connectivity index (χ1n) is 9.99. The van der Waals surface area contributed by atoms with Gasteiger partial charge in [0, 0.05) is 29.7 Å². The number of amides is 1. The van der Waals surface area contributed by atoms with Crippen molar-refractivity contribution in [2.24, 2.45) is 0 Å². The maximum atomic E-state index is 12.9. The van der Waals surface area contributed by atoms with Crippen molar-refractivity contribution >= 4 is 11.6 Å². The second-order valence-corrected chi connectivity index (χ2v) is 7.35. The van der Waals surface area contributed by atoms with Gasteiger partial charge in [0.1, 0.15) is 6.04 Å². The van der Waals surface area contributed by atoms with Crippen LogP contribution in [0.4, 0.5) is 5.69 Å². The van der Waals surface area contributed by atoms with Gasteiger partial charge >= 0.3 is 0 Å². The number of non-ortho nitro benzene ring substituents is 1. The molecule has 0 bridgehead atoms. The number of nitrogens with zero attached hydrogens (tertiary/aromatic N) is 3. The van der Waals surface area contributed by atoms with E-state index in [1.165, 1.54) is 24.3 Å². The molecule has 4 rings (SSSR count). The van der Waals surface area contributed by atoms with E-state index in [1.54, 1.807) is 0 Å². The molecule has 0 aliphatic carbocycles. The minimum Gasteiger partial charge on any atom is -0.340 e. The fraction of sp³-hybridized carbons (Fsp3) is 0.125. The Morgan fingerprint density at radius 2 is 1.84 bits per heavy atom. The summed E-state index contributed by atoms with van der Waals surface area (Å²) in [6.45, 7) is 1.97. The molecule has 32 heavy (non-hydrogen) atoms. The molecule has 4 aromatic rings. The highest BCUT2D eigenvalue weighted by atomic mass is 16.6. The SMILES string of the molecule is Cc1cccc(-c2noc([C@@H](Cc3ccccc3)NC(=O)c3cccc([N+](=O)[O-])c3)n2)c1. The third-order valence-electron chi connectivity index (χ3n) is 4.92. The lowest BCUT2D eigenvalue weighted by Crippen LogP contribution is -2.30. The predicted molar refractivity (Wildman–Crippen MR) is 118 cm³/mol. The number of hydrogen-bond donors (Lipinski definition) is 1. The summed E-state index contributed by atoms with van der Waals surface area (Å²) >= 11 is 0. The van der Waals surface area contributed by atoms with Crippen LogP contribution < -0.4 is 5.32 Å². The van der Waals surface area contributed by atoms with Crippen LogP contribution in [0.3, 0.4) is 0 Å². The van der Waals surface area contributed by atoms with Crippen LogP contribution in [0.15, 0.2) is 83.4 Å². The van der Waals surface area contributed by atoms with Crippen molar-refractivity contribution in [3.05, 3.63) is 112 Å². The zero-order chi connectivity index (χ0) is 22.5. The summed E-state index contributed by atoms with van der Waals surface area (Å²) in [6, 6.07) is 22.3. The highest BCUT2D eigenvalue weighted by Crippen LogP contribution is 2.23. The van der Waals surface area contributed by atoms with Crippen molar-refractivity contribution in [1.82, 2.24) is 15.5 Å². The molecule has 0 radical (unpaired) electrons. The molecule has 0 fully saturated rings. The second kappa shape index (κ2) is 9.22. The summed E-state index contributed by atoms with van der Waals surface area (Å²) in [5, 5.41) is 18.0. The molecule has 1 amide bonds. The minimum absolute atomic E-state index is 0.156. The molecule has 0 unspecified atom stereocenters. The lowest BCUT2D eigenvalue weighted by Gasteiger charge is -2.15. The highest BCUT2D eigenvalue weighted by molar-refractivity contribution is 5.95. The van der Waals surface area contributed by atoms with Crippen LogP contribution in [-0.4, -0.2) is 21.0 Å². The largest absolute Gasteiger partial charge is 0.340 e. The molecule has 8 heteroatoms. The number of benzene rings is 3. The van der Waals surface area contributed by atoms with E-state index in [1.807, 2.05) is 61.5 Å². The normalized spacial score (nSPS) is 11.7. The van der Waals surface area contributed by atoms with Crippen molar-refractivity contribution < 1.29 is 14.2 Å². The van der Waals surface area contributed by atoms with Crippen molar-refractivity contribution in [2.45, 2.75) is 19.4 Å². The molecule has 0 aliphatic heterocycles. The molecular formula is C24H20N4O4. The summed E-state index contributed by atoms with van der Waals surface area (Å²) in [5.41, 5.74) is 2.86. The van der Waals surface area contributed by atoms with E-state index in [-0.39, 0.29) is 17.1 Å². The van der Waals surface area contributed by atoms with Gasteiger partial charge in [0.25, 0.3) is 11.6 Å². The number of rotatable bonds is 7. The molecule has 0 saturated carbocycles. The van der Waals surface area contributed by atoms with Crippen molar-refractivity contribution in [2.75, 3.05) is 0 Å². The summed E-state index contributed by atoms with van der Waals surface area (Å²) < 4.78 is 5.51. The zero-order valence-corrected chi connectivity index (χ0v) is 17.3. The minimum atomic E-state index is -0.616. The highest BCUT2D eigenvalue weighted by Gasteiger charge is 2.24. The second-order valence-electron chi connectivity index (χ2n) is 7.35. The van der Waals surface area contributed by atoms with Gasteiger partial charge in [0.2, 0.25) is 11.7 Å². The van der Waals surface area contributed by atoms with E-state index in [0.29, 0.717) is 12.2 Å². The standard InChI is InChI=1S/C24H20N4O4/c1-16-7-5-10-18(13-16)22-26-24(32-27-22)21(14-17-8-3-2-4-9-17)25-23(29)19-11-6-12-20(15-19)28(30)31/h2-13,15,21H,14H2,1H3,(H,25,29)/t21-/m1/s1. The molecule has 8 nitrogen and oxygen atoms in total. The van der Waals surface area contributed by atoms with Gasteiger partial charge in [-0.05, 0) is 24.6 Å². The lowest BCUT2D eigenvalue weighted by molar-refractivity contribution is -0.384. The lowest BCUT2D eigenvalue weighted by atomic mass is 10.0. The summed E-state index contributed by atoms with van der Waals surface area (Å²) in [4.78, 5) is 27.9. The first-order chi connectivity index (χ1) is 15.5. The third kappa shape index (κ3) is 4.86. The Balaban J connectivity index is 1.63. The number of aromatic nitrogens is 2. The van der Waals surface area contributed by atoms with Gasteiger partial charge in [-0.1, -0.05) is 65.3 Å². The smallest absolute Gasteiger partial charge is 0.270 e. The van der Waals surface area contributed by atoms with Gasteiger partial charge < -0.3 is 9.84 Å². The Labute approximate surface area is 184 Å². The van der Waals surface area contributed by atoms with Crippen LogP contribution in [0.1, 0.15) is 33.4 Å². The maximum Gasteiger partial charge on any atom is 0.270 e. The van der Waals surface area contributed by atoms with Crippen LogP contribution in [0, 0.1) is 17.0 Å². The van der Waals surface area contributed by atoms with Crippen LogP contribution >= 0.6 is 0 Å². The van der Waals surface area contributed by atoms with Gasteiger partial charge in [-0.3, -0.25) is 14.9 Å². The third-order valence-corrected chi connectivity index (χ3v) is 4.92. The van der Waals surface area contributed by atoms with Crippen LogP contribution in [0.25, 0.3) is 11.4 Å². The first kappa shape index (κ1) is 20.9. The van der Waals surface area contributed by atoms with E-state index < -0.39 is 16.9 Å². The Bertz CT molecular complexity index is 1250. The molecular weight excluding hydrogens is 408 g/mol. The fourth-order valence-electron chi connectivity index (χ4n) is 3.33. The van der Waals surface area contributed by atoms with Crippen molar-refractivity contribution in [3.63, 3.8) is 0 Å². The predicted octanol–water partition coefficient (Wildman–Crippen LogP) is 4.67. The molecule has 3 aromatic carbocycles. The number of nitro benzene ring substituents is 1. The van der Waals surface area contributed by atoms with E-state index in [4.69, 9.17) is 4.52 Å². The first-order valence-corrected chi connectivity index (χ1v) is 9.99. The van der Waals surface area contributed by atoms with E-state index >= 15 is 0 Å². The van der Waals surface area contributed by atoms with Crippen LogP contribution in [0.5, 0.6) is 0 Å². The average Bonchev–Trinajstić information content (AvgIpc) is 3.30. The Hall–Kier alpha value is -4.33. The monoisotopic (exact) mass is 428 g/mol. The Morgan fingerprint density at radius 3 is 2.59 bits per heavy atom. The molecule has 1 aromatic heterocycles. The number of nitro groups is 1. The fourth-order valence-corrected chi connectivity index (χ4v) is 3.33. The zero-order valence-electron chi connectivity index (χ0n) is 17.3. The molecule has 0 spiro atoms. The summed E-state index contributed by atoms with van der Waals surface area (Å²) in [5.74, 6) is 0.209. The quantitative estimate of drug-likeness (QED) is 0.338. The van der Waals surface area contributed by atoms with E-state index in [2.05, 4.69) is 15.5 Å². The average molecular weight is 428 g/mol. The van der Waals surface area contributed by atoms with Crippen molar-refractivity contribution in [1.29, 1.82) is 0 Å². The molecule has 1 heterocycles. The molecule has 0 saturated heterocycles. The van der Waals surface area contributed by atoms with Gasteiger partial charge in [0.15, 0.2) is 0 Å². The number of carbonyl (C=O) groups is 1. The summed E-state index contributed by atoms with van der Waals surface area (Å²) in [6.07, 6.45) is 0.414. The number of aryl methyl sites for hydroxylation is 1. The van der Waals surface area contributed by atoms with Crippen molar-refractivity contribution in [3.8, 4) is 11.4 Å². The maximum absolute atomic E-state index is 12.9. The van der Waals surface area contributed by atoms with E-state index in [9.17, 15) is 14.9 Å². The van der Waals surface area contributed by atoms with Gasteiger partial charge in [-0.2, -0.15) is 4.98 Å². The Morgan fingerprint density at radius 1 is 1.06 bits per heavy atom. The molecule has 1 N–H and O–H groups in total. The topological polar surface area (TPSA) is 111 Å². The number of nitrogens with one attached hydrogen (secondary N) is 1. The molecule has 0 aliphatic rings. The van der Waals surface area contributed by atoms with E-state index in [0.717, 1.165) is 16.7 Å². The molecule has 1 atom stereocenters. The van der Waals surface area contributed by atoms with Gasteiger partial charge in [-0.15, -0.1) is 0 Å². The number of carbonyl (C=O) groups excluding carboxylic acids is 1. The molecule has 160 valence electrons. The number of hydrogen-bond acceptors (Lipinski definition) is 6. The van der Waals surface area contributed by atoms with Crippen LogP contribution in [0.2, 0.25) is 0 Å². The van der Waals surface area contributed by atoms with Gasteiger partial charge in [-0.25, -0.2) is 0 Å². The summed E-state index contributed by atoms with van der Waals surface area (Å²) in [7, 11) is 0. The van der Waals surface area contributed by atoms with Crippen LogP contribution in [-0.2, 0) is 6.42 Å². The Kier molecular flexibility index (Phi) is 6.03.